The average Bonchev–Trinajstić information content (AvgIpc) is 3.31. The number of primary amides is 1. The van der Waals surface area contributed by atoms with Gasteiger partial charge in [-0.1, -0.05) is 41.6 Å². The van der Waals surface area contributed by atoms with E-state index in [2.05, 4.69) is 15.5 Å². The molecule has 10 heteroatoms. The second kappa shape index (κ2) is 11.0. The Kier molecular flexibility index (Phi) is 7.55. The van der Waals surface area contributed by atoms with Gasteiger partial charge in [0, 0.05) is 22.9 Å². The molecule has 0 fully saturated rings. The number of nitrogens with one attached hydrogen (secondary N) is 1. The zero-order chi connectivity index (χ0) is 25.7. The van der Waals surface area contributed by atoms with Crippen LogP contribution in [0.15, 0.2) is 71.9 Å². The molecule has 0 aliphatic rings. The lowest BCUT2D eigenvalue weighted by Crippen LogP contribution is -2.15. The zero-order valence-corrected chi connectivity index (χ0v) is 20.8. The van der Waals surface area contributed by atoms with Gasteiger partial charge in [0.2, 0.25) is 11.8 Å². The Morgan fingerprint density at radius 3 is 2.33 bits per heavy atom. The molecule has 4 aromatic rings. The van der Waals surface area contributed by atoms with Crippen LogP contribution >= 0.6 is 11.8 Å². The Morgan fingerprint density at radius 2 is 1.69 bits per heavy atom. The predicted molar refractivity (Wildman–Crippen MR) is 139 cm³/mol. The van der Waals surface area contributed by atoms with Crippen LogP contribution in [0.5, 0.6) is 11.5 Å². The third-order valence-electron chi connectivity index (χ3n) is 5.36. The Balaban J connectivity index is 1.64. The molecular formula is C26H25N5O4S. The monoisotopic (exact) mass is 503 g/mol. The fourth-order valence-electron chi connectivity index (χ4n) is 3.49. The largest absolute Gasteiger partial charge is 0.497 e. The first-order valence-corrected chi connectivity index (χ1v) is 12.0. The molecule has 0 saturated heterocycles. The number of aryl methyl sites for hydroxylation is 1. The van der Waals surface area contributed by atoms with E-state index in [0.717, 1.165) is 11.1 Å². The molecule has 1 heterocycles. The number of amides is 2. The molecule has 0 unspecified atom stereocenters. The Morgan fingerprint density at radius 1 is 0.972 bits per heavy atom. The van der Waals surface area contributed by atoms with Crippen molar-refractivity contribution in [3.05, 3.63) is 77.9 Å². The fraction of sp³-hybridized carbons (Fsp3) is 0.154. The van der Waals surface area contributed by atoms with E-state index in [1.165, 1.54) is 11.8 Å². The Labute approximate surface area is 212 Å². The summed E-state index contributed by atoms with van der Waals surface area (Å²) in [5, 5.41) is 12.1. The maximum absolute atomic E-state index is 12.7. The quantitative estimate of drug-likeness (QED) is 0.330. The topological polar surface area (TPSA) is 121 Å². The molecule has 4 rings (SSSR count). The second-order valence-electron chi connectivity index (χ2n) is 7.82. The minimum absolute atomic E-state index is 0.0793. The number of rotatable bonds is 9. The van der Waals surface area contributed by atoms with Gasteiger partial charge >= 0.3 is 0 Å². The number of anilines is 1. The molecule has 0 aliphatic heterocycles. The minimum atomic E-state index is -0.528. The zero-order valence-electron chi connectivity index (χ0n) is 20.0. The number of carbonyl (C=O) groups excluding carboxylic acids is 2. The number of aromatic nitrogens is 3. The highest BCUT2D eigenvalue weighted by atomic mass is 32.2. The van der Waals surface area contributed by atoms with Gasteiger partial charge in [-0.3, -0.25) is 14.2 Å². The second-order valence-corrected chi connectivity index (χ2v) is 8.77. The molecular weight excluding hydrogens is 478 g/mol. The molecule has 3 N–H and O–H groups in total. The highest BCUT2D eigenvalue weighted by Gasteiger charge is 2.21. The van der Waals surface area contributed by atoms with Crippen LogP contribution in [0.3, 0.4) is 0 Å². The third-order valence-corrected chi connectivity index (χ3v) is 6.28. The maximum atomic E-state index is 12.7. The molecule has 0 bridgehead atoms. The molecule has 0 atom stereocenters. The molecule has 0 spiro atoms. The first-order chi connectivity index (χ1) is 17.4. The summed E-state index contributed by atoms with van der Waals surface area (Å²) in [4.78, 5) is 23.9. The minimum Gasteiger partial charge on any atom is -0.497 e. The Bertz CT molecular complexity index is 1380. The van der Waals surface area contributed by atoms with E-state index >= 15 is 0 Å². The number of carbonyl (C=O) groups is 2. The van der Waals surface area contributed by atoms with E-state index < -0.39 is 5.91 Å². The molecule has 9 nitrogen and oxygen atoms in total. The summed E-state index contributed by atoms with van der Waals surface area (Å²) in [5.41, 5.74) is 8.86. The lowest BCUT2D eigenvalue weighted by molar-refractivity contribution is -0.113. The molecule has 1 aromatic heterocycles. The lowest BCUT2D eigenvalue weighted by Gasteiger charge is -2.15. The van der Waals surface area contributed by atoms with Crippen LogP contribution in [0.25, 0.3) is 17.1 Å². The smallest absolute Gasteiger partial charge is 0.248 e. The summed E-state index contributed by atoms with van der Waals surface area (Å²) >= 11 is 1.24. The summed E-state index contributed by atoms with van der Waals surface area (Å²) in [6.45, 7) is 2.01. The van der Waals surface area contributed by atoms with Gasteiger partial charge in [0.1, 0.15) is 11.5 Å². The van der Waals surface area contributed by atoms with E-state index in [-0.39, 0.29) is 11.7 Å². The van der Waals surface area contributed by atoms with Crippen molar-refractivity contribution in [3.8, 4) is 28.6 Å². The molecule has 36 heavy (non-hydrogen) atoms. The maximum Gasteiger partial charge on any atom is 0.248 e. The van der Waals surface area contributed by atoms with E-state index in [9.17, 15) is 9.59 Å². The van der Waals surface area contributed by atoms with Gasteiger partial charge < -0.3 is 20.5 Å². The standard InChI is InChI=1S/C26H25N5O4S/c1-16-4-6-18(7-5-16)25-29-30-26(31(25)21-14-20(34-2)12-13-22(21)35-3)36-15-23(32)28-19-10-8-17(9-11-19)24(27)33/h4-14H,15H2,1-3H3,(H2,27,33)(H,28,32). The third kappa shape index (κ3) is 5.49. The summed E-state index contributed by atoms with van der Waals surface area (Å²) < 4.78 is 12.9. The lowest BCUT2D eigenvalue weighted by atomic mass is 10.1. The summed E-state index contributed by atoms with van der Waals surface area (Å²) in [6.07, 6.45) is 0. The van der Waals surface area contributed by atoms with Gasteiger partial charge in [-0.05, 0) is 43.3 Å². The predicted octanol–water partition coefficient (Wildman–Crippen LogP) is 4.09. The highest BCUT2D eigenvalue weighted by molar-refractivity contribution is 7.99. The number of benzene rings is 3. The number of hydrogen-bond donors (Lipinski definition) is 2. The van der Waals surface area contributed by atoms with Gasteiger partial charge in [0.05, 0.1) is 25.7 Å². The normalized spacial score (nSPS) is 10.6. The van der Waals surface area contributed by atoms with Gasteiger partial charge in [0.15, 0.2) is 11.0 Å². The first kappa shape index (κ1) is 24.8. The number of hydrogen-bond acceptors (Lipinski definition) is 7. The van der Waals surface area contributed by atoms with Gasteiger partial charge in [-0.15, -0.1) is 10.2 Å². The van der Waals surface area contributed by atoms with Crippen LogP contribution in [0.1, 0.15) is 15.9 Å². The number of ether oxygens (including phenoxy) is 2. The fourth-order valence-corrected chi connectivity index (χ4v) is 4.23. The van der Waals surface area contributed by atoms with E-state index in [1.54, 1.807) is 38.5 Å². The van der Waals surface area contributed by atoms with Crippen LogP contribution in [0.2, 0.25) is 0 Å². The highest BCUT2D eigenvalue weighted by Crippen LogP contribution is 2.35. The van der Waals surface area contributed by atoms with Crippen molar-refractivity contribution in [2.24, 2.45) is 5.73 Å². The SMILES string of the molecule is COc1ccc(OC)c(-n2c(SCC(=O)Nc3ccc(C(N)=O)cc3)nnc2-c2ccc(C)cc2)c1. The summed E-state index contributed by atoms with van der Waals surface area (Å²) in [7, 11) is 3.18. The van der Waals surface area contributed by atoms with Crippen LogP contribution < -0.4 is 20.5 Å². The van der Waals surface area contributed by atoms with Gasteiger partial charge in [-0.25, -0.2) is 0 Å². The first-order valence-electron chi connectivity index (χ1n) is 11.0. The van der Waals surface area contributed by atoms with E-state index in [1.807, 2.05) is 54.0 Å². The molecule has 3 aromatic carbocycles. The molecule has 0 radical (unpaired) electrons. The van der Waals surface area contributed by atoms with E-state index in [4.69, 9.17) is 15.2 Å². The van der Waals surface area contributed by atoms with Gasteiger partial charge in [0.25, 0.3) is 0 Å². The summed E-state index contributed by atoms with van der Waals surface area (Å²) in [6, 6.07) is 19.8. The van der Waals surface area contributed by atoms with Crippen LogP contribution in [0, 0.1) is 6.92 Å². The van der Waals surface area contributed by atoms with Crippen LogP contribution in [-0.4, -0.2) is 46.6 Å². The average molecular weight is 504 g/mol. The number of methoxy groups -OCH3 is 2. The van der Waals surface area contributed by atoms with Crippen molar-refractivity contribution >= 4 is 29.3 Å². The number of thioether (sulfide) groups is 1. The van der Waals surface area contributed by atoms with Crippen LogP contribution in [0.4, 0.5) is 5.69 Å². The van der Waals surface area contributed by atoms with Crippen molar-refractivity contribution in [3.63, 3.8) is 0 Å². The van der Waals surface area contributed by atoms with Gasteiger partial charge in [-0.2, -0.15) is 0 Å². The van der Waals surface area contributed by atoms with Crippen molar-refractivity contribution < 1.29 is 19.1 Å². The van der Waals surface area contributed by atoms with Crippen molar-refractivity contribution in [1.29, 1.82) is 0 Å². The van der Waals surface area contributed by atoms with Crippen molar-refractivity contribution in [2.75, 3.05) is 25.3 Å². The van der Waals surface area contributed by atoms with Crippen molar-refractivity contribution in [2.45, 2.75) is 12.1 Å². The number of nitrogens with two attached hydrogens (primary N) is 1. The molecule has 0 aliphatic carbocycles. The van der Waals surface area contributed by atoms with Crippen LogP contribution in [-0.2, 0) is 4.79 Å². The Hall–Kier alpha value is -4.31. The summed E-state index contributed by atoms with van der Waals surface area (Å²) in [5.74, 6) is 1.16. The van der Waals surface area contributed by atoms with Crippen molar-refractivity contribution in [1.82, 2.24) is 14.8 Å². The number of nitrogens with zero attached hydrogens (tertiary/aromatic N) is 3. The molecule has 0 saturated carbocycles. The van der Waals surface area contributed by atoms with E-state index in [0.29, 0.717) is 39.4 Å². The molecule has 184 valence electrons. The molecule has 2 amide bonds.